The fourth-order valence-corrected chi connectivity index (χ4v) is 9.99. The number of hydrogen-bond donors (Lipinski definition) is 2. The zero-order valence-corrected chi connectivity index (χ0v) is 33.3. The number of carbonyl (C=O) groups is 3. The number of aryl methyl sites for hydroxylation is 1. The summed E-state index contributed by atoms with van der Waals surface area (Å²) >= 11 is 0. The average molecular weight is 826 g/mol. The molecule has 0 radical (unpaired) electrons. The Bertz CT molecular complexity index is 2400. The van der Waals surface area contributed by atoms with Gasteiger partial charge in [0.2, 0.25) is 11.8 Å². The number of para-hydroxylation sites is 1. The van der Waals surface area contributed by atoms with Crippen molar-refractivity contribution < 1.29 is 32.4 Å². The summed E-state index contributed by atoms with van der Waals surface area (Å²) in [5, 5.41) is 18.8. The quantitative estimate of drug-likeness (QED) is 0.166. The van der Waals surface area contributed by atoms with E-state index in [0.29, 0.717) is 36.7 Å². The third-order valence-corrected chi connectivity index (χ3v) is 13.3. The van der Waals surface area contributed by atoms with Gasteiger partial charge in [0.05, 0.1) is 42.6 Å². The van der Waals surface area contributed by atoms with Crippen LogP contribution in [0.3, 0.4) is 0 Å². The first-order valence-corrected chi connectivity index (χ1v) is 21.3. The maximum absolute atomic E-state index is 14.3. The normalized spacial score (nSPS) is 25.2. The zero-order valence-electron chi connectivity index (χ0n) is 33.3. The van der Waals surface area contributed by atoms with Gasteiger partial charge in [-0.15, -0.1) is 0 Å². The maximum atomic E-state index is 14.3. The van der Waals surface area contributed by atoms with Gasteiger partial charge >= 0.3 is 0 Å². The molecular weight excluding hydrogens is 777 g/mol. The van der Waals surface area contributed by atoms with Gasteiger partial charge in [-0.25, -0.2) is 18.3 Å². The van der Waals surface area contributed by atoms with Gasteiger partial charge in [0.1, 0.15) is 17.1 Å². The lowest BCUT2D eigenvalue weighted by molar-refractivity contribution is -0.134. The van der Waals surface area contributed by atoms with Crippen molar-refractivity contribution in [1.82, 2.24) is 44.7 Å². The lowest BCUT2D eigenvalue weighted by Gasteiger charge is -2.38. The van der Waals surface area contributed by atoms with E-state index in [4.69, 9.17) is 14.2 Å². The van der Waals surface area contributed by atoms with Crippen LogP contribution in [0.1, 0.15) is 97.1 Å². The summed E-state index contributed by atoms with van der Waals surface area (Å²) in [7, 11) is 0. The molecule has 316 valence electrons. The van der Waals surface area contributed by atoms with Crippen LogP contribution >= 0.6 is 0 Å². The Morgan fingerprint density at radius 1 is 1.02 bits per heavy atom. The third kappa shape index (κ3) is 7.64. The van der Waals surface area contributed by atoms with Crippen LogP contribution in [-0.2, 0) is 20.7 Å². The van der Waals surface area contributed by atoms with E-state index < -0.39 is 23.9 Å². The second-order valence-electron chi connectivity index (χ2n) is 17.1. The Hall–Kier alpha value is -5.33. The number of carbonyl (C=O) groups excluding carboxylic acids is 3. The van der Waals surface area contributed by atoms with Crippen LogP contribution in [0.4, 0.5) is 20.3 Å². The van der Waals surface area contributed by atoms with Crippen LogP contribution < -0.4 is 15.5 Å². The molecule has 18 heteroatoms. The maximum Gasteiger partial charge on any atom is 0.284 e. The molecule has 5 aliphatic rings. The Morgan fingerprint density at radius 2 is 1.85 bits per heavy atom. The Kier molecular flexibility index (Phi) is 10.5. The molecule has 8 heterocycles. The zero-order chi connectivity index (χ0) is 40.9. The average Bonchev–Trinajstić information content (AvgIpc) is 4.11. The summed E-state index contributed by atoms with van der Waals surface area (Å²) in [6.45, 7) is 7.40. The summed E-state index contributed by atoms with van der Waals surface area (Å²) in [5.41, 5.74) is 2.54. The van der Waals surface area contributed by atoms with E-state index in [2.05, 4.69) is 46.8 Å². The number of alkyl halides is 2. The molecule has 1 aromatic carbocycles. The first-order valence-electron chi connectivity index (χ1n) is 21.3. The van der Waals surface area contributed by atoms with Crippen LogP contribution in [-0.4, -0.2) is 122 Å². The molecule has 5 fully saturated rings. The minimum Gasteiger partial charge on any atom is -0.374 e. The molecule has 60 heavy (non-hydrogen) atoms. The van der Waals surface area contributed by atoms with Crippen LogP contribution in [0, 0.1) is 5.92 Å². The van der Waals surface area contributed by atoms with E-state index in [1.165, 1.54) is 10.7 Å². The van der Waals surface area contributed by atoms with E-state index in [1.807, 2.05) is 18.2 Å². The largest absolute Gasteiger partial charge is 0.374 e. The standard InChI is InChI=1S/C42H49F2N11O5/c43-39(44)37-33(46-42(58)32-20-45-54-14-12-34(47-40(32)54)53-22-29-19-28(53)24-59-29)23-55(49-37)27-8-6-25(7-9-27)21-52-17-15-51(16-18-52)13-2-4-26-3-1-5-30-36(50-60-38(26)30)31-10-11-35(56)48-41(31)57/h1,3,5,12,14,20,23,25,27-29,31,39H,2,4,6-11,13,15-19,21-22,24H2,(H,46,58)(H,48,56,57)/t25?,27?,28-,29-,31-/m1/s1. The van der Waals surface area contributed by atoms with Crippen molar-refractivity contribution in [2.75, 3.05) is 62.6 Å². The SMILES string of the molecule is O=C1CC[C@H](c2noc3c(CCCN4CCN(CC5CCC(n6cc(NC(=O)c7cnn8ccc(N9C[C@H]%10C[C@@H]9CO%10)nc78)c(C(F)F)n6)CC5)CC4)cccc23)C(=O)N1. The van der Waals surface area contributed by atoms with Gasteiger partial charge in [-0.1, -0.05) is 17.3 Å². The van der Waals surface area contributed by atoms with Crippen molar-refractivity contribution in [3.05, 3.63) is 65.4 Å². The number of aromatic nitrogens is 6. The topological polar surface area (TPSA) is 168 Å². The number of piperazine rings is 1. The molecule has 16 nitrogen and oxygen atoms in total. The molecule has 10 rings (SSSR count). The minimum atomic E-state index is -2.85. The molecule has 5 aromatic rings. The number of halogens is 2. The number of nitrogens with one attached hydrogen (secondary N) is 2. The van der Waals surface area contributed by atoms with Crippen molar-refractivity contribution in [1.29, 1.82) is 0 Å². The molecule has 4 aromatic heterocycles. The molecule has 1 saturated carbocycles. The first-order chi connectivity index (χ1) is 29.2. The molecule has 3 amide bonds. The van der Waals surface area contributed by atoms with Gasteiger partial charge in [0.15, 0.2) is 16.9 Å². The van der Waals surface area contributed by atoms with Gasteiger partial charge in [0.25, 0.3) is 12.3 Å². The smallest absolute Gasteiger partial charge is 0.284 e. The predicted molar refractivity (Wildman–Crippen MR) is 215 cm³/mol. The van der Waals surface area contributed by atoms with E-state index in [1.54, 1.807) is 17.1 Å². The number of benzene rings is 1. The molecule has 3 atom stereocenters. The molecule has 2 N–H and O–H groups in total. The first kappa shape index (κ1) is 38.8. The fourth-order valence-electron chi connectivity index (χ4n) is 9.99. The highest BCUT2D eigenvalue weighted by atomic mass is 19.3. The van der Waals surface area contributed by atoms with Gasteiger partial charge < -0.3 is 29.3 Å². The van der Waals surface area contributed by atoms with E-state index in [-0.39, 0.29) is 41.3 Å². The molecule has 1 aliphatic carbocycles. The van der Waals surface area contributed by atoms with Crippen LogP contribution in [0.15, 0.2) is 47.4 Å². The Labute approximate surface area is 344 Å². The van der Waals surface area contributed by atoms with Gasteiger partial charge in [0, 0.05) is 63.5 Å². The molecule has 4 aliphatic heterocycles. The second-order valence-corrected chi connectivity index (χ2v) is 17.1. The van der Waals surface area contributed by atoms with Gasteiger partial charge in [-0.2, -0.15) is 10.2 Å². The highest BCUT2D eigenvalue weighted by molar-refractivity contribution is 6.08. The second kappa shape index (κ2) is 16.3. The number of fused-ring (bicyclic) bond motifs is 4. The Balaban J connectivity index is 0.690. The van der Waals surface area contributed by atoms with Crippen LogP contribution in [0.25, 0.3) is 16.6 Å². The van der Waals surface area contributed by atoms with Crippen molar-refractivity contribution in [3.63, 3.8) is 0 Å². The van der Waals surface area contributed by atoms with E-state index in [0.717, 1.165) is 113 Å². The minimum absolute atomic E-state index is 0.00782. The number of ether oxygens (including phenoxy) is 1. The van der Waals surface area contributed by atoms with Gasteiger partial charge in [-0.05, 0) is 81.5 Å². The lowest BCUT2D eigenvalue weighted by Crippen LogP contribution is -2.48. The van der Waals surface area contributed by atoms with E-state index in [9.17, 15) is 23.2 Å². The summed E-state index contributed by atoms with van der Waals surface area (Å²) in [6.07, 6.45) is 9.20. The fraction of sp³-hybridized carbons (Fsp3) is 0.548. The molecule has 0 unspecified atom stereocenters. The summed E-state index contributed by atoms with van der Waals surface area (Å²) in [6, 6.07) is 8.07. The molecule has 0 spiro atoms. The molecular formula is C42H49F2N11O5. The predicted octanol–water partition coefficient (Wildman–Crippen LogP) is 4.74. The summed E-state index contributed by atoms with van der Waals surface area (Å²) in [5.74, 6) is -0.332. The summed E-state index contributed by atoms with van der Waals surface area (Å²) < 4.78 is 43.2. The monoisotopic (exact) mass is 825 g/mol. The van der Waals surface area contributed by atoms with Crippen molar-refractivity contribution in [3.8, 4) is 0 Å². The third-order valence-electron chi connectivity index (χ3n) is 13.3. The number of piperidine rings is 1. The number of amides is 3. The molecule has 4 saturated heterocycles. The number of imide groups is 1. The number of morpholine rings is 1. The Morgan fingerprint density at radius 3 is 2.62 bits per heavy atom. The van der Waals surface area contributed by atoms with E-state index >= 15 is 0 Å². The number of anilines is 2. The van der Waals surface area contributed by atoms with Crippen molar-refractivity contribution >= 4 is 45.8 Å². The summed E-state index contributed by atoms with van der Waals surface area (Å²) in [4.78, 5) is 49.6. The number of rotatable bonds is 12. The van der Waals surface area contributed by atoms with Crippen LogP contribution in [0.5, 0.6) is 0 Å². The van der Waals surface area contributed by atoms with Crippen LogP contribution in [0.2, 0.25) is 0 Å². The van der Waals surface area contributed by atoms with Crippen molar-refractivity contribution in [2.24, 2.45) is 5.92 Å². The number of hydrogen-bond acceptors (Lipinski definition) is 12. The highest BCUT2D eigenvalue weighted by Crippen LogP contribution is 2.37. The van der Waals surface area contributed by atoms with Gasteiger partial charge in [-0.3, -0.25) is 24.4 Å². The highest BCUT2D eigenvalue weighted by Gasteiger charge is 2.40. The van der Waals surface area contributed by atoms with Crippen molar-refractivity contribution in [2.45, 2.75) is 88.3 Å². The molecule has 2 bridgehead atoms. The lowest BCUT2D eigenvalue weighted by atomic mass is 9.85. The number of nitrogens with zero attached hydrogens (tertiary/aromatic N) is 9.